The minimum atomic E-state index is 0.0316. The normalized spacial score (nSPS) is 39.6. The van der Waals surface area contributed by atoms with E-state index in [4.69, 9.17) is 10.5 Å². The first kappa shape index (κ1) is 11.9. The highest BCUT2D eigenvalue weighted by molar-refractivity contribution is 5.79. The Morgan fingerprint density at radius 3 is 2.75 bits per heavy atom. The molecule has 1 saturated carbocycles. The number of carbonyl (C=O) groups excluding carboxylic acids is 1. The van der Waals surface area contributed by atoms with Crippen molar-refractivity contribution in [1.29, 1.82) is 0 Å². The van der Waals surface area contributed by atoms with E-state index in [9.17, 15) is 4.79 Å². The molecule has 2 aliphatic rings. The minimum absolute atomic E-state index is 0.0316. The zero-order chi connectivity index (χ0) is 11.5. The molecule has 2 rings (SSSR count). The fourth-order valence-corrected chi connectivity index (χ4v) is 2.64. The van der Waals surface area contributed by atoms with Crippen LogP contribution >= 0.6 is 0 Å². The fraction of sp³-hybridized carbons (Fsp3) is 0.917. The molecule has 0 bridgehead atoms. The van der Waals surface area contributed by atoms with E-state index in [0.717, 1.165) is 19.3 Å². The maximum Gasteiger partial charge on any atom is 0.225 e. The number of nitrogens with two attached hydrogens (primary N) is 1. The Bertz CT molecular complexity index is 257. The molecule has 92 valence electrons. The van der Waals surface area contributed by atoms with E-state index in [1.54, 1.807) is 0 Å². The van der Waals surface area contributed by atoms with E-state index < -0.39 is 0 Å². The molecule has 1 amide bonds. The Hall–Kier alpha value is -0.610. The van der Waals surface area contributed by atoms with Crippen LogP contribution in [0.15, 0.2) is 0 Å². The topological polar surface area (TPSA) is 64.4 Å². The lowest BCUT2D eigenvalue weighted by atomic mass is 9.90. The van der Waals surface area contributed by atoms with Crippen LogP contribution in [0.3, 0.4) is 0 Å². The summed E-state index contributed by atoms with van der Waals surface area (Å²) in [6.07, 6.45) is 5.48. The molecule has 16 heavy (non-hydrogen) atoms. The third-order valence-electron chi connectivity index (χ3n) is 3.72. The number of carbonyl (C=O) groups is 1. The summed E-state index contributed by atoms with van der Waals surface area (Å²) < 4.78 is 5.41. The van der Waals surface area contributed by atoms with Crippen molar-refractivity contribution < 1.29 is 9.53 Å². The van der Waals surface area contributed by atoms with Crippen LogP contribution in [0, 0.1) is 5.92 Å². The van der Waals surface area contributed by atoms with Gasteiger partial charge in [0.1, 0.15) is 0 Å². The quantitative estimate of drug-likeness (QED) is 0.732. The SMILES string of the molecule is CC1CC(C(=O)N[C@@H]2CCCC[C@H]2N)CO1. The van der Waals surface area contributed by atoms with Gasteiger partial charge in [-0.3, -0.25) is 4.79 Å². The van der Waals surface area contributed by atoms with Crippen LogP contribution in [0.2, 0.25) is 0 Å². The van der Waals surface area contributed by atoms with Crippen molar-refractivity contribution in [3.63, 3.8) is 0 Å². The number of ether oxygens (including phenoxy) is 1. The summed E-state index contributed by atoms with van der Waals surface area (Å²) in [4.78, 5) is 12.0. The van der Waals surface area contributed by atoms with E-state index in [-0.39, 0.29) is 30.0 Å². The molecule has 0 aromatic heterocycles. The van der Waals surface area contributed by atoms with Crippen LogP contribution in [0.4, 0.5) is 0 Å². The van der Waals surface area contributed by atoms with Crippen molar-refractivity contribution in [3.05, 3.63) is 0 Å². The van der Waals surface area contributed by atoms with Gasteiger partial charge in [-0.25, -0.2) is 0 Å². The Balaban J connectivity index is 1.82. The smallest absolute Gasteiger partial charge is 0.225 e. The van der Waals surface area contributed by atoms with Crippen LogP contribution in [-0.4, -0.2) is 30.7 Å². The van der Waals surface area contributed by atoms with E-state index in [1.165, 1.54) is 12.8 Å². The first-order valence-corrected chi connectivity index (χ1v) is 6.34. The zero-order valence-corrected chi connectivity index (χ0v) is 9.95. The third-order valence-corrected chi connectivity index (χ3v) is 3.72. The van der Waals surface area contributed by atoms with Crippen LogP contribution < -0.4 is 11.1 Å². The summed E-state index contributed by atoms with van der Waals surface area (Å²) in [7, 11) is 0. The number of rotatable bonds is 2. The second-order valence-corrected chi connectivity index (χ2v) is 5.14. The summed E-state index contributed by atoms with van der Waals surface area (Å²) in [5.41, 5.74) is 6.01. The third kappa shape index (κ3) is 2.74. The average molecular weight is 226 g/mol. The second kappa shape index (κ2) is 5.15. The molecule has 1 aliphatic heterocycles. The molecule has 4 atom stereocenters. The standard InChI is InChI=1S/C12H22N2O2/c1-8-6-9(7-16-8)12(15)14-11-5-3-2-4-10(11)13/h8-11H,2-7,13H2,1H3,(H,14,15)/t8?,9?,10-,11-/m1/s1. The summed E-state index contributed by atoms with van der Waals surface area (Å²) >= 11 is 0. The van der Waals surface area contributed by atoms with Gasteiger partial charge in [-0.05, 0) is 26.2 Å². The largest absolute Gasteiger partial charge is 0.378 e. The van der Waals surface area contributed by atoms with Gasteiger partial charge < -0.3 is 15.8 Å². The maximum absolute atomic E-state index is 12.0. The lowest BCUT2D eigenvalue weighted by molar-refractivity contribution is -0.126. The summed E-state index contributed by atoms with van der Waals surface area (Å²) in [5, 5.41) is 3.09. The molecule has 0 radical (unpaired) electrons. The Labute approximate surface area is 96.9 Å². The first-order chi connectivity index (χ1) is 7.66. The molecule has 0 aromatic carbocycles. The Morgan fingerprint density at radius 1 is 1.38 bits per heavy atom. The van der Waals surface area contributed by atoms with Gasteiger partial charge in [0, 0.05) is 12.1 Å². The van der Waals surface area contributed by atoms with Gasteiger partial charge in [-0.15, -0.1) is 0 Å². The molecule has 1 heterocycles. The average Bonchev–Trinajstić information content (AvgIpc) is 2.68. The van der Waals surface area contributed by atoms with Crippen molar-refractivity contribution in [2.24, 2.45) is 11.7 Å². The first-order valence-electron chi connectivity index (χ1n) is 6.34. The van der Waals surface area contributed by atoms with Crippen molar-refractivity contribution in [1.82, 2.24) is 5.32 Å². The maximum atomic E-state index is 12.0. The molecule has 2 fully saturated rings. The highest BCUT2D eigenvalue weighted by Crippen LogP contribution is 2.21. The molecule has 0 spiro atoms. The molecule has 2 unspecified atom stereocenters. The van der Waals surface area contributed by atoms with Crippen LogP contribution in [0.25, 0.3) is 0 Å². The van der Waals surface area contributed by atoms with E-state index >= 15 is 0 Å². The molecule has 1 saturated heterocycles. The molecular weight excluding hydrogens is 204 g/mol. The molecule has 0 aromatic rings. The van der Waals surface area contributed by atoms with Gasteiger partial charge >= 0.3 is 0 Å². The highest BCUT2D eigenvalue weighted by atomic mass is 16.5. The summed E-state index contributed by atoms with van der Waals surface area (Å²) in [6.45, 7) is 2.58. The van der Waals surface area contributed by atoms with Gasteiger partial charge in [-0.1, -0.05) is 12.8 Å². The van der Waals surface area contributed by atoms with Gasteiger partial charge in [-0.2, -0.15) is 0 Å². The minimum Gasteiger partial charge on any atom is -0.378 e. The van der Waals surface area contributed by atoms with E-state index in [2.05, 4.69) is 5.32 Å². The highest BCUT2D eigenvalue weighted by Gasteiger charge is 2.31. The number of nitrogens with one attached hydrogen (secondary N) is 1. The van der Waals surface area contributed by atoms with E-state index in [1.807, 2.05) is 6.92 Å². The Morgan fingerprint density at radius 2 is 2.12 bits per heavy atom. The lowest BCUT2D eigenvalue weighted by Gasteiger charge is -2.30. The molecule has 4 heteroatoms. The number of amides is 1. The molecular formula is C12H22N2O2. The zero-order valence-electron chi connectivity index (χ0n) is 9.95. The van der Waals surface area contributed by atoms with Crippen LogP contribution in [-0.2, 0) is 9.53 Å². The van der Waals surface area contributed by atoms with Gasteiger partial charge in [0.15, 0.2) is 0 Å². The Kier molecular flexibility index (Phi) is 3.82. The van der Waals surface area contributed by atoms with Crippen molar-refractivity contribution in [2.75, 3.05) is 6.61 Å². The van der Waals surface area contributed by atoms with Crippen molar-refractivity contribution >= 4 is 5.91 Å². The predicted molar refractivity (Wildman–Crippen MR) is 61.9 cm³/mol. The van der Waals surface area contributed by atoms with Crippen LogP contribution in [0.5, 0.6) is 0 Å². The predicted octanol–water partition coefficient (Wildman–Crippen LogP) is 0.797. The molecule has 4 nitrogen and oxygen atoms in total. The van der Waals surface area contributed by atoms with Crippen molar-refractivity contribution in [3.8, 4) is 0 Å². The summed E-state index contributed by atoms with van der Waals surface area (Å²) in [5.74, 6) is 0.163. The molecule has 3 N–H and O–H groups in total. The monoisotopic (exact) mass is 226 g/mol. The second-order valence-electron chi connectivity index (χ2n) is 5.14. The van der Waals surface area contributed by atoms with Gasteiger partial charge in [0.05, 0.1) is 18.6 Å². The molecule has 1 aliphatic carbocycles. The van der Waals surface area contributed by atoms with E-state index in [0.29, 0.717) is 6.61 Å². The lowest BCUT2D eigenvalue weighted by Crippen LogP contribution is -2.50. The van der Waals surface area contributed by atoms with Crippen LogP contribution in [0.1, 0.15) is 39.0 Å². The fourth-order valence-electron chi connectivity index (χ4n) is 2.64. The number of hydrogen-bond acceptors (Lipinski definition) is 3. The van der Waals surface area contributed by atoms with Gasteiger partial charge in [0.25, 0.3) is 0 Å². The number of hydrogen-bond donors (Lipinski definition) is 2. The van der Waals surface area contributed by atoms with Gasteiger partial charge in [0.2, 0.25) is 5.91 Å². The van der Waals surface area contributed by atoms with Crippen molar-refractivity contribution in [2.45, 2.75) is 57.2 Å². The summed E-state index contributed by atoms with van der Waals surface area (Å²) in [6, 6.07) is 0.314.